The molecule has 0 radical (unpaired) electrons. The third-order valence-corrected chi connectivity index (χ3v) is 11.9. The summed E-state index contributed by atoms with van der Waals surface area (Å²) in [5.41, 5.74) is 5.38. The maximum absolute atomic E-state index is 5.42. The molecule has 0 saturated heterocycles. The summed E-state index contributed by atoms with van der Waals surface area (Å²) in [5, 5.41) is 1.39. The summed E-state index contributed by atoms with van der Waals surface area (Å²) in [6.07, 6.45) is 16.9. The average molecular weight is 452 g/mol. The molecule has 0 amide bonds. The van der Waals surface area contributed by atoms with Crippen molar-refractivity contribution in [2.75, 3.05) is 0 Å². The fraction of sp³-hybridized carbons (Fsp3) is 0.677. The predicted octanol–water partition coefficient (Wildman–Crippen LogP) is 7.20. The third kappa shape index (κ3) is 2.54. The maximum atomic E-state index is 5.42. The fourth-order valence-electron chi connectivity index (χ4n) is 11.2. The van der Waals surface area contributed by atoms with Crippen molar-refractivity contribution in [1.82, 2.24) is 14.5 Å². The highest BCUT2D eigenvalue weighted by atomic mass is 15.0. The Kier molecular flexibility index (Phi) is 3.78. The lowest BCUT2D eigenvalue weighted by atomic mass is 9.51. The van der Waals surface area contributed by atoms with Crippen LogP contribution in [0.5, 0.6) is 0 Å². The molecule has 2 aromatic heterocycles. The first-order valence-corrected chi connectivity index (χ1v) is 14.4. The lowest BCUT2D eigenvalue weighted by molar-refractivity contribution is -0.00554. The molecule has 2 heterocycles. The van der Waals surface area contributed by atoms with Gasteiger partial charge in [0.2, 0.25) is 0 Å². The van der Waals surface area contributed by atoms with Crippen molar-refractivity contribution in [3.63, 3.8) is 0 Å². The lowest BCUT2D eigenvalue weighted by Crippen LogP contribution is -2.44. The molecule has 8 aliphatic carbocycles. The molecule has 3 heteroatoms. The third-order valence-electron chi connectivity index (χ3n) is 11.9. The van der Waals surface area contributed by atoms with Gasteiger partial charge in [-0.25, -0.2) is 9.97 Å². The SMILES string of the molecule is Cn1c2ccc(C3C4CC5CC(C4)CC3C5)cc2c2nc(C3C4CC5CC(C4)CC3C5)ncc21. The highest BCUT2D eigenvalue weighted by molar-refractivity contribution is 6.05. The van der Waals surface area contributed by atoms with Gasteiger partial charge in [-0.05, 0) is 135 Å². The molecule has 3 aromatic rings. The van der Waals surface area contributed by atoms with Crippen molar-refractivity contribution in [2.45, 2.75) is 76.0 Å². The average Bonchev–Trinajstić information content (AvgIpc) is 3.09. The van der Waals surface area contributed by atoms with Gasteiger partial charge in [0.25, 0.3) is 0 Å². The molecule has 0 unspecified atom stereocenters. The van der Waals surface area contributed by atoms with E-state index in [0.29, 0.717) is 5.92 Å². The monoisotopic (exact) mass is 451 g/mol. The number of rotatable bonds is 2. The van der Waals surface area contributed by atoms with Gasteiger partial charge in [-0.1, -0.05) is 6.07 Å². The van der Waals surface area contributed by atoms with Crippen LogP contribution < -0.4 is 0 Å². The molecule has 8 aliphatic rings. The Labute approximate surface area is 202 Å². The van der Waals surface area contributed by atoms with E-state index in [9.17, 15) is 0 Å². The normalized spacial score (nSPS) is 44.0. The van der Waals surface area contributed by atoms with Crippen LogP contribution in [-0.4, -0.2) is 14.5 Å². The van der Waals surface area contributed by atoms with Crippen LogP contribution in [-0.2, 0) is 7.05 Å². The molecule has 34 heavy (non-hydrogen) atoms. The van der Waals surface area contributed by atoms with Gasteiger partial charge in [-0.15, -0.1) is 0 Å². The molecule has 8 fully saturated rings. The summed E-state index contributed by atoms with van der Waals surface area (Å²) in [7, 11) is 2.21. The second-order valence-electron chi connectivity index (χ2n) is 13.7. The van der Waals surface area contributed by atoms with E-state index in [1.807, 2.05) is 0 Å². The lowest BCUT2D eigenvalue weighted by Gasteiger charge is -2.54. The quantitative estimate of drug-likeness (QED) is 0.412. The van der Waals surface area contributed by atoms with Crippen LogP contribution in [0.3, 0.4) is 0 Å². The van der Waals surface area contributed by atoms with Crippen molar-refractivity contribution in [3.8, 4) is 0 Å². The molecule has 0 N–H and O–H groups in total. The molecular formula is C31H37N3. The minimum Gasteiger partial charge on any atom is -0.341 e. The highest BCUT2D eigenvalue weighted by Crippen LogP contribution is 2.61. The molecule has 0 spiro atoms. The largest absolute Gasteiger partial charge is 0.341 e. The van der Waals surface area contributed by atoms with Gasteiger partial charge in [-0.2, -0.15) is 0 Å². The van der Waals surface area contributed by atoms with E-state index in [1.165, 1.54) is 92.0 Å². The second-order valence-corrected chi connectivity index (χ2v) is 13.7. The van der Waals surface area contributed by atoms with E-state index in [1.54, 1.807) is 5.56 Å². The van der Waals surface area contributed by atoms with Crippen LogP contribution in [0.4, 0.5) is 0 Å². The minimum atomic E-state index is 0.611. The first kappa shape index (κ1) is 19.3. The first-order valence-electron chi connectivity index (χ1n) is 14.4. The number of hydrogen-bond donors (Lipinski definition) is 0. The second kappa shape index (κ2) is 6.65. The number of aromatic nitrogens is 3. The zero-order valence-electron chi connectivity index (χ0n) is 20.5. The Hall–Kier alpha value is -1.90. The van der Waals surface area contributed by atoms with Crippen molar-refractivity contribution in [3.05, 3.63) is 35.8 Å². The van der Waals surface area contributed by atoms with E-state index < -0.39 is 0 Å². The Morgan fingerprint density at radius 1 is 0.676 bits per heavy atom. The van der Waals surface area contributed by atoms with E-state index in [4.69, 9.17) is 9.97 Å². The van der Waals surface area contributed by atoms with E-state index in [0.717, 1.165) is 53.3 Å². The zero-order chi connectivity index (χ0) is 22.1. The van der Waals surface area contributed by atoms with Crippen LogP contribution in [0, 0.1) is 47.3 Å². The van der Waals surface area contributed by atoms with Crippen molar-refractivity contribution >= 4 is 21.9 Å². The highest BCUT2D eigenvalue weighted by Gasteiger charge is 2.50. The number of aryl methyl sites for hydroxylation is 1. The van der Waals surface area contributed by atoms with Gasteiger partial charge in [0, 0.05) is 18.4 Å². The first-order chi connectivity index (χ1) is 16.7. The summed E-state index contributed by atoms with van der Waals surface area (Å²) in [5.74, 6) is 10.2. The Bertz CT molecular complexity index is 1160. The number of fused-ring (bicyclic) bond motifs is 3. The fourth-order valence-corrected chi connectivity index (χ4v) is 11.2. The van der Waals surface area contributed by atoms with Crippen molar-refractivity contribution < 1.29 is 0 Å². The Balaban J connectivity index is 1.15. The van der Waals surface area contributed by atoms with Crippen LogP contribution in [0.2, 0.25) is 0 Å². The van der Waals surface area contributed by atoms with Crippen LogP contribution in [0.1, 0.15) is 87.4 Å². The topological polar surface area (TPSA) is 30.7 Å². The number of nitrogens with zero attached hydrogens (tertiary/aromatic N) is 3. The van der Waals surface area contributed by atoms with E-state index in [2.05, 4.69) is 36.0 Å². The molecule has 8 saturated carbocycles. The van der Waals surface area contributed by atoms with Gasteiger partial charge in [0.15, 0.2) is 0 Å². The Morgan fingerprint density at radius 2 is 1.24 bits per heavy atom. The van der Waals surface area contributed by atoms with Gasteiger partial charge < -0.3 is 4.57 Å². The summed E-state index contributed by atoms with van der Waals surface area (Å²) in [6, 6.07) is 7.44. The molecule has 176 valence electrons. The van der Waals surface area contributed by atoms with Crippen LogP contribution >= 0.6 is 0 Å². The van der Waals surface area contributed by atoms with E-state index in [-0.39, 0.29) is 0 Å². The van der Waals surface area contributed by atoms with Gasteiger partial charge in [0.1, 0.15) is 5.82 Å². The summed E-state index contributed by atoms with van der Waals surface area (Å²) in [4.78, 5) is 10.5. The van der Waals surface area contributed by atoms with Crippen LogP contribution in [0.15, 0.2) is 24.4 Å². The molecule has 0 atom stereocenters. The minimum absolute atomic E-state index is 0.611. The summed E-state index contributed by atoms with van der Waals surface area (Å²) < 4.78 is 2.34. The zero-order valence-corrected chi connectivity index (χ0v) is 20.5. The molecule has 0 aliphatic heterocycles. The summed E-state index contributed by atoms with van der Waals surface area (Å²) >= 11 is 0. The van der Waals surface area contributed by atoms with Gasteiger partial charge in [-0.3, -0.25) is 0 Å². The molecule has 1 aromatic carbocycles. The van der Waals surface area contributed by atoms with E-state index >= 15 is 0 Å². The van der Waals surface area contributed by atoms with Gasteiger partial charge >= 0.3 is 0 Å². The molecule has 3 nitrogen and oxygen atoms in total. The molecule has 8 bridgehead atoms. The standard InChI is InChI=1S/C31H37N3/c1-34-26-3-2-20(28-21-6-16-4-17(8-21)9-22(28)7-16)14-25(26)30-27(34)15-32-31(33-30)29-23-10-18-5-19(12-23)13-24(29)11-18/h2-3,14-19,21-24,28-29H,4-13H2,1H3. The molecular weight excluding hydrogens is 414 g/mol. The Morgan fingerprint density at radius 3 is 1.82 bits per heavy atom. The van der Waals surface area contributed by atoms with Crippen molar-refractivity contribution in [2.24, 2.45) is 54.4 Å². The maximum Gasteiger partial charge on any atom is 0.132 e. The summed E-state index contributed by atoms with van der Waals surface area (Å²) in [6.45, 7) is 0. The van der Waals surface area contributed by atoms with Crippen molar-refractivity contribution in [1.29, 1.82) is 0 Å². The number of hydrogen-bond acceptors (Lipinski definition) is 2. The predicted molar refractivity (Wildman–Crippen MR) is 136 cm³/mol. The van der Waals surface area contributed by atoms with Gasteiger partial charge in [0.05, 0.1) is 22.7 Å². The smallest absolute Gasteiger partial charge is 0.132 e. The van der Waals surface area contributed by atoms with Crippen LogP contribution in [0.25, 0.3) is 21.9 Å². The number of benzene rings is 1. The molecule has 11 rings (SSSR count).